The third-order valence-corrected chi connectivity index (χ3v) is 4.17. The number of benzene rings is 1. The standard InChI is InChI=1S/C17H17Cl2N3O2/c1-3-22-15(11-4-6-12(23)7-5-11)14(8-13(18)17(22)24)21-16(19)10(2)9-20/h4-9,20-21,23H,3H2,1-2H3/b16-10-,20-9?. The van der Waals surface area contributed by atoms with Crippen LogP contribution in [0.3, 0.4) is 0 Å². The topological polar surface area (TPSA) is 78.1 Å². The summed E-state index contributed by atoms with van der Waals surface area (Å²) in [6.07, 6.45) is 1.13. The van der Waals surface area contributed by atoms with Crippen molar-refractivity contribution < 1.29 is 5.11 Å². The Morgan fingerprint density at radius 2 is 2.00 bits per heavy atom. The van der Waals surface area contributed by atoms with Gasteiger partial charge in [-0.15, -0.1) is 0 Å². The molecule has 0 radical (unpaired) electrons. The van der Waals surface area contributed by atoms with Crippen LogP contribution in [-0.2, 0) is 6.54 Å². The number of rotatable bonds is 5. The Hall–Kier alpha value is -2.24. The Kier molecular flexibility index (Phi) is 5.70. The maximum Gasteiger partial charge on any atom is 0.269 e. The van der Waals surface area contributed by atoms with Crippen LogP contribution in [0.25, 0.3) is 11.3 Å². The highest BCUT2D eigenvalue weighted by Gasteiger charge is 2.16. The van der Waals surface area contributed by atoms with Crippen LogP contribution in [0, 0.1) is 5.41 Å². The molecule has 0 saturated heterocycles. The maximum absolute atomic E-state index is 12.4. The number of hydrogen-bond donors (Lipinski definition) is 3. The molecule has 0 saturated carbocycles. The number of aromatic hydroxyl groups is 1. The molecule has 7 heteroatoms. The lowest BCUT2D eigenvalue weighted by Gasteiger charge is -2.18. The third-order valence-electron chi connectivity index (χ3n) is 3.51. The van der Waals surface area contributed by atoms with Crippen LogP contribution < -0.4 is 10.9 Å². The van der Waals surface area contributed by atoms with Gasteiger partial charge in [-0.25, -0.2) is 0 Å². The highest BCUT2D eigenvalue weighted by Crippen LogP contribution is 2.31. The summed E-state index contributed by atoms with van der Waals surface area (Å²) >= 11 is 12.2. The molecule has 2 rings (SSSR count). The Bertz CT molecular complexity index is 855. The minimum atomic E-state index is -0.309. The summed E-state index contributed by atoms with van der Waals surface area (Å²) in [5.74, 6) is 0.130. The first-order valence-corrected chi connectivity index (χ1v) is 8.01. The molecular formula is C17H17Cl2N3O2. The summed E-state index contributed by atoms with van der Waals surface area (Å²) in [7, 11) is 0. The Balaban J connectivity index is 2.74. The van der Waals surface area contributed by atoms with Crippen LogP contribution in [0.1, 0.15) is 13.8 Å². The molecule has 0 bridgehead atoms. The first kappa shape index (κ1) is 18.1. The van der Waals surface area contributed by atoms with E-state index in [0.29, 0.717) is 23.5 Å². The van der Waals surface area contributed by atoms with Gasteiger partial charge in [0.1, 0.15) is 15.9 Å². The number of pyridine rings is 1. The van der Waals surface area contributed by atoms with Crippen LogP contribution >= 0.6 is 23.2 Å². The first-order valence-electron chi connectivity index (χ1n) is 7.25. The summed E-state index contributed by atoms with van der Waals surface area (Å²) in [5.41, 5.74) is 2.10. The van der Waals surface area contributed by atoms with E-state index in [4.69, 9.17) is 28.6 Å². The van der Waals surface area contributed by atoms with Crippen LogP contribution in [0.15, 0.2) is 45.9 Å². The summed E-state index contributed by atoms with van der Waals surface area (Å²) in [6, 6.07) is 8.00. The molecule has 0 atom stereocenters. The van der Waals surface area contributed by atoms with Crippen molar-refractivity contribution in [1.29, 1.82) is 5.41 Å². The maximum atomic E-state index is 12.4. The predicted molar refractivity (Wildman–Crippen MR) is 99.4 cm³/mol. The van der Waals surface area contributed by atoms with E-state index in [1.807, 2.05) is 6.92 Å². The summed E-state index contributed by atoms with van der Waals surface area (Å²) in [5, 5.41) is 20.1. The van der Waals surface area contributed by atoms with E-state index in [9.17, 15) is 9.90 Å². The second kappa shape index (κ2) is 7.55. The number of allylic oxidation sites excluding steroid dienone is 1. The summed E-state index contributed by atoms with van der Waals surface area (Å²) in [4.78, 5) is 12.4. The minimum Gasteiger partial charge on any atom is -0.508 e. The SMILES string of the molecule is CCn1c(-c2ccc(O)cc2)c(N/C(Cl)=C(/C)C=N)cc(Cl)c1=O. The lowest BCUT2D eigenvalue weighted by Crippen LogP contribution is -2.22. The molecule has 0 spiro atoms. The van der Waals surface area contributed by atoms with Gasteiger partial charge in [0.25, 0.3) is 5.56 Å². The van der Waals surface area contributed by atoms with E-state index in [0.717, 1.165) is 11.8 Å². The van der Waals surface area contributed by atoms with Gasteiger partial charge < -0.3 is 20.4 Å². The van der Waals surface area contributed by atoms with Gasteiger partial charge >= 0.3 is 0 Å². The van der Waals surface area contributed by atoms with Crippen molar-refractivity contribution in [3.63, 3.8) is 0 Å². The monoisotopic (exact) mass is 365 g/mol. The number of nitrogens with zero attached hydrogens (tertiary/aromatic N) is 1. The van der Waals surface area contributed by atoms with Gasteiger partial charge in [0.15, 0.2) is 0 Å². The van der Waals surface area contributed by atoms with Gasteiger partial charge in [0.2, 0.25) is 0 Å². The molecule has 24 heavy (non-hydrogen) atoms. The number of halogens is 2. The largest absolute Gasteiger partial charge is 0.508 e. The van der Waals surface area contributed by atoms with E-state index in [2.05, 4.69) is 5.32 Å². The molecule has 0 fully saturated rings. The Morgan fingerprint density at radius 1 is 1.38 bits per heavy atom. The van der Waals surface area contributed by atoms with Gasteiger partial charge in [-0.2, -0.15) is 0 Å². The molecule has 0 unspecified atom stereocenters. The predicted octanol–water partition coefficient (Wildman–Crippen LogP) is 4.43. The molecule has 5 nitrogen and oxygen atoms in total. The average Bonchev–Trinajstić information content (AvgIpc) is 2.57. The fourth-order valence-corrected chi connectivity index (χ4v) is 2.61. The van der Waals surface area contributed by atoms with E-state index in [1.54, 1.807) is 31.2 Å². The van der Waals surface area contributed by atoms with E-state index >= 15 is 0 Å². The van der Waals surface area contributed by atoms with Crippen LogP contribution in [0.2, 0.25) is 5.02 Å². The molecule has 0 amide bonds. The van der Waals surface area contributed by atoms with Crippen LogP contribution in [-0.4, -0.2) is 15.9 Å². The molecule has 126 valence electrons. The zero-order valence-corrected chi connectivity index (χ0v) is 14.7. The zero-order chi connectivity index (χ0) is 17.9. The van der Waals surface area contributed by atoms with Crippen molar-refractivity contribution in [3.05, 3.63) is 56.4 Å². The second-order valence-electron chi connectivity index (χ2n) is 5.12. The Morgan fingerprint density at radius 3 is 2.54 bits per heavy atom. The quantitative estimate of drug-likeness (QED) is 0.541. The zero-order valence-electron chi connectivity index (χ0n) is 13.2. The lowest BCUT2D eigenvalue weighted by molar-refractivity contribution is 0.475. The highest BCUT2D eigenvalue weighted by molar-refractivity contribution is 6.33. The number of aromatic nitrogens is 1. The molecular weight excluding hydrogens is 349 g/mol. The molecule has 0 aliphatic carbocycles. The van der Waals surface area contributed by atoms with E-state index < -0.39 is 0 Å². The molecule has 0 aliphatic rings. The number of phenolic OH excluding ortho intramolecular Hbond substituents is 1. The normalized spacial score (nSPS) is 11.8. The second-order valence-corrected chi connectivity index (χ2v) is 5.90. The molecule has 2 aromatic rings. The van der Waals surface area contributed by atoms with E-state index in [1.165, 1.54) is 10.6 Å². The average molecular weight is 366 g/mol. The molecule has 1 heterocycles. The van der Waals surface area contributed by atoms with Gasteiger partial charge in [0.05, 0.1) is 11.4 Å². The van der Waals surface area contributed by atoms with Crippen molar-refractivity contribution in [2.45, 2.75) is 20.4 Å². The number of hydrogen-bond acceptors (Lipinski definition) is 4. The van der Waals surface area contributed by atoms with Gasteiger partial charge in [0, 0.05) is 23.9 Å². The van der Waals surface area contributed by atoms with Crippen molar-refractivity contribution in [2.75, 3.05) is 5.32 Å². The number of nitrogens with one attached hydrogen (secondary N) is 2. The fourth-order valence-electron chi connectivity index (χ4n) is 2.24. The van der Waals surface area contributed by atoms with Gasteiger partial charge in [-0.3, -0.25) is 4.79 Å². The van der Waals surface area contributed by atoms with Crippen molar-refractivity contribution in [1.82, 2.24) is 4.57 Å². The van der Waals surface area contributed by atoms with Crippen LogP contribution in [0.5, 0.6) is 5.75 Å². The Labute approximate surface area is 149 Å². The van der Waals surface area contributed by atoms with E-state index in [-0.39, 0.29) is 21.5 Å². The van der Waals surface area contributed by atoms with Crippen molar-refractivity contribution >= 4 is 35.1 Å². The van der Waals surface area contributed by atoms with Crippen molar-refractivity contribution in [2.24, 2.45) is 0 Å². The molecule has 1 aromatic heterocycles. The smallest absolute Gasteiger partial charge is 0.269 e. The molecule has 3 N–H and O–H groups in total. The van der Waals surface area contributed by atoms with Crippen molar-refractivity contribution in [3.8, 4) is 17.0 Å². The number of phenols is 1. The highest BCUT2D eigenvalue weighted by atomic mass is 35.5. The molecule has 1 aromatic carbocycles. The number of anilines is 1. The lowest BCUT2D eigenvalue weighted by atomic mass is 10.1. The van der Waals surface area contributed by atoms with Gasteiger partial charge in [-0.05, 0) is 44.2 Å². The van der Waals surface area contributed by atoms with Gasteiger partial charge in [-0.1, -0.05) is 23.2 Å². The summed E-state index contributed by atoms with van der Waals surface area (Å²) in [6.45, 7) is 3.95. The minimum absolute atomic E-state index is 0.0684. The third kappa shape index (κ3) is 3.63. The summed E-state index contributed by atoms with van der Waals surface area (Å²) < 4.78 is 1.53. The first-order chi connectivity index (χ1) is 11.4. The molecule has 0 aliphatic heterocycles. The van der Waals surface area contributed by atoms with Crippen LogP contribution in [0.4, 0.5) is 5.69 Å². The fraction of sp³-hybridized carbons (Fsp3) is 0.176.